The molecule has 2 aromatic carbocycles. The molecule has 0 radical (unpaired) electrons. The largest absolute Gasteiger partial charge is 0.497 e. The lowest BCUT2D eigenvalue weighted by atomic mass is 10.0. The van der Waals surface area contributed by atoms with Crippen LogP contribution in [0.5, 0.6) is 5.75 Å². The molecule has 0 saturated heterocycles. The minimum atomic E-state index is 0.0239. The lowest BCUT2D eigenvalue weighted by Crippen LogP contribution is -2.33. The second kappa shape index (κ2) is 9.45. The lowest BCUT2D eigenvalue weighted by Gasteiger charge is -2.28. The quantitative estimate of drug-likeness (QED) is 0.659. The molecule has 2 atom stereocenters. The van der Waals surface area contributed by atoms with Crippen molar-refractivity contribution in [3.05, 3.63) is 65.7 Å². The first-order chi connectivity index (χ1) is 11.6. The monoisotopic (exact) mass is 328 g/mol. The molecule has 0 aliphatic rings. The van der Waals surface area contributed by atoms with E-state index in [1.54, 1.807) is 7.11 Å². The van der Waals surface area contributed by atoms with Crippen LogP contribution in [0.4, 0.5) is 0 Å². The van der Waals surface area contributed by atoms with E-state index in [1.807, 2.05) is 42.5 Å². The Bertz CT molecular complexity index is 578. The summed E-state index contributed by atoms with van der Waals surface area (Å²) in [7, 11) is 1.67. The van der Waals surface area contributed by atoms with E-state index in [9.17, 15) is 0 Å². The van der Waals surface area contributed by atoms with E-state index in [-0.39, 0.29) is 12.2 Å². The molecule has 2 aromatic rings. The highest BCUT2D eigenvalue weighted by molar-refractivity contribution is 5.26. The maximum atomic E-state index is 6.13. The highest BCUT2D eigenvalue weighted by Gasteiger charge is 2.22. The van der Waals surface area contributed by atoms with Gasteiger partial charge in [0.25, 0.3) is 0 Å². The van der Waals surface area contributed by atoms with Crippen molar-refractivity contribution >= 4 is 0 Å². The number of benzene rings is 2. The summed E-state index contributed by atoms with van der Waals surface area (Å²) >= 11 is 0. The zero-order chi connectivity index (χ0) is 17.4. The molecule has 3 heteroatoms. The molecular formula is C21H28O3. The van der Waals surface area contributed by atoms with Crippen LogP contribution in [-0.4, -0.2) is 19.3 Å². The normalized spacial score (nSPS) is 13.7. The van der Waals surface area contributed by atoms with Crippen molar-refractivity contribution in [1.29, 1.82) is 0 Å². The van der Waals surface area contributed by atoms with E-state index in [4.69, 9.17) is 14.2 Å². The Labute approximate surface area is 145 Å². The van der Waals surface area contributed by atoms with Crippen LogP contribution >= 0.6 is 0 Å². The van der Waals surface area contributed by atoms with Crippen LogP contribution in [0.3, 0.4) is 0 Å². The summed E-state index contributed by atoms with van der Waals surface area (Å²) in [6.07, 6.45) is 0.0827. The first-order valence-corrected chi connectivity index (χ1v) is 8.50. The molecule has 0 heterocycles. The SMILES string of the molecule is COc1ccc(COC(C)C(OCc2ccccc2)C(C)C)cc1. The van der Waals surface area contributed by atoms with E-state index in [0.717, 1.165) is 11.3 Å². The van der Waals surface area contributed by atoms with Gasteiger partial charge in [0.1, 0.15) is 5.75 Å². The third kappa shape index (κ3) is 5.66. The molecule has 3 nitrogen and oxygen atoms in total. The fourth-order valence-corrected chi connectivity index (χ4v) is 2.68. The van der Waals surface area contributed by atoms with Gasteiger partial charge in [-0.3, -0.25) is 0 Å². The van der Waals surface area contributed by atoms with Gasteiger partial charge in [0.2, 0.25) is 0 Å². The van der Waals surface area contributed by atoms with Crippen molar-refractivity contribution in [2.75, 3.05) is 7.11 Å². The summed E-state index contributed by atoms with van der Waals surface area (Å²) in [6.45, 7) is 7.61. The molecule has 0 N–H and O–H groups in total. The number of hydrogen-bond acceptors (Lipinski definition) is 3. The van der Waals surface area contributed by atoms with Crippen molar-refractivity contribution in [3.8, 4) is 5.75 Å². The van der Waals surface area contributed by atoms with Gasteiger partial charge >= 0.3 is 0 Å². The number of hydrogen-bond donors (Lipinski definition) is 0. The third-order valence-corrected chi connectivity index (χ3v) is 4.08. The molecule has 0 bridgehead atoms. The topological polar surface area (TPSA) is 27.7 Å². The minimum absolute atomic E-state index is 0.0239. The molecule has 24 heavy (non-hydrogen) atoms. The van der Waals surface area contributed by atoms with E-state index >= 15 is 0 Å². The van der Waals surface area contributed by atoms with Crippen molar-refractivity contribution in [1.82, 2.24) is 0 Å². The van der Waals surface area contributed by atoms with E-state index in [1.165, 1.54) is 5.56 Å². The summed E-state index contributed by atoms with van der Waals surface area (Å²) in [4.78, 5) is 0. The maximum absolute atomic E-state index is 6.13. The summed E-state index contributed by atoms with van der Waals surface area (Å²) in [5.41, 5.74) is 2.32. The fourth-order valence-electron chi connectivity index (χ4n) is 2.68. The second-order valence-electron chi connectivity index (χ2n) is 6.37. The van der Waals surface area contributed by atoms with Crippen molar-refractivity contribution in [3.63, 3.8) is 0 Å². The Morgan fingerprint density at radius 3 is 1.92 bits per heavy atom. The summed E-state index contributed by atoms with van der Waals surface area (Å²) in [6, 6.07) is 18.2. The van der Waals surface area contributed by atoms with Crippen LogP contribution in [0.1, 0.15) is 31.9 Å². The molecule has 0 aliphatic heterocycles. The fraction of sp³-hybridized carbons (Fsp3) is 0.429. The molecule has 0 amide bonds. The molecule has 2 rings (SSSR count). The van der Waals surface area contributed by atoms with Crippen molar-refractivity contribution in [2.24, 2.45) is 5.92 Å². The van der Waals surface area contributed by atoms with Gasteiger partial charge in [-0.2, -0.15) is 0 Å². The second-order valence-corrected chi connectivity index (χ2v) is 6.37. The van der Waals surface area contributed by atoms with Crippen LogP contribution in [0.2, 0.25) is 0 Å². The van der Waals surface area contributed by atoms with E-state index in [0.29, 0.717) is 19.1 Å². The first kappa shape index (κ1) is 18.5. The molecule has 0 aromatic heterocycles. The summed E-state index contributed by atoms with van der Waals surface area (Å²) < 4.78 is 17.4. The van der Waals surface area contributed by atoms with Crippen LogP contribution in [0, 0.1) is 5.92 Å². The summed E-state index contributed by atoms with van der Waals surface area (Å²) in [5.74, 6) is 1.25. The third-order valence-electron chi connectivity index (χ3n) is 4.08. The molecule has 2 unspecified atom stereocenters. The van der Waals surface area contributed by atoms with Crippen LogP contribution in [0.25, 0.3) is 0 Å². The van der Waals surface area contributed by atoms with Crippen molar-refractivity contribution in [2.45, 2.75) is 46.2 Å². The average Bonchev–Trinajstić information content (AvgIpc) is 2.61. The Balaban J connectivity index is 1.87. The van der Waals surface area contributed by atoms with Gasteiger partial charge < -0.3 is 14.2 Å². The zero-order valence-corrected chi connectivity index (χ0v) is 15.1. The standard InChI is InChI=1S/C21H28O3/c1-16(2)21(24-15-18-8-6-5-7-9-18)17(3)23-14-19-10-12-20(22-4)13-11-19/h5-13,16-17,21H,14-15H2,1-4H3. The Morgan fingerprint density at radius 2 is 1.33 bits per heavy atom. The highest BCUT2D eigenvalue weighted by Crippen LogP contribution is 2.18. The van der Waals surface area contributed by atoms with Gasteiger partial charge in [-0.05, 0) is 36.1 Å². The predicted octanol–water partition coefficient (Wildman–Crippen LogP) is 4.84. The van der Waals surface area contributed by atoms with Crippen LogP contribution < -0.4 is 4.74 Å². The smallest absolute Gasteiger partial charge is 0.118 e. The van der Waals surface area contributed by atoms with Crippen molar-refractivity contribution < 1.29 is 14.2 Å². The average molecular weight is 328 g/mol. The van der Waals surface area contributed by atoms with Crippen LogP contribution in [0.15, 0.2) is 54.6 Å². The molecule has 0 fully saturated rings. The molecular weight excluding hydrogens is 300 g/mol. The Hall–Kier alpha value is -1.84. The number of ether oxygens (including phenoxy) is 3. The summed E-state index contributed by atoms with van der Waals surface area (Å²) in [5, 5.41) is 0. The Morgan fingerprint density at radius 1 is 0.750 bits per heavy atom. The minimum Gasteiger partial charge on any atom is -0.497 e. The maximum Gasteiger partial charge on any atom is 0.118 e. The number of rotatable bonds is 9. The van der Waals surface area contributed by atoms with E-state index < -0.39 is 0 Å². The van der Waals surface area contributed by atoms with E-state index in [2.05, 4.69) is 32.9 Å². The zero-order valence-electron chi connectivity index (χ0n) is 15.1. The van der Waals surface area contributed by atoms with Gasteiger partial charge in [-0.25, -0.2) is 0 Å². The van der Waals surface area contributed by atoms with Gasteiger partial charge in [-0.1, -0.05) is 56.3 Å². The number of methoxy groups -OCH3 is 1. The predicted molar refractivity (Wildman–Crippen MR) is 97.1 cm³/mol. The lowest BCUT2D eigenvalue weighted by molar-refractivity contribution is -0.0962. The van der Waals surface area contributed by atoms with Crippen LogP contribution in [-0.2, 0) is 22.7 Å². The first-order valence-electron chi connectivity index (χ1n) is 8.50. The molecule has 0 spiro atoms. The molecule has 0 aliphatic carbocycles. The van der Waals surface area contributed by atoms with Gasteiger partial charge in [0, 0.05) is 0 Å². The van der Waals surface area contributed by atoms with Gasteiger partial charge in [-0.15, -0.1) is 0 Å². The van der Waals surface area contributed by atoms with Gasteiger partial charge in [0.05, 0.1) is 32.5 Å². The Kier molecular flexibility index (Phi) is 7.29. The van der Waals surface area contributed by atoms with Gasteiger partial charge in [0.15, 0.2) is 0 Å². The highest BCUT2D eigenvalue weighted by atomic mass is 16.5. The molecule has 0 saturated carbocycles. The molecule has 130 valence electrons.